The van der Waals surface area contributed by atoms with Gasteiger partial charge < -0.3 is 15.4 Å². The summed E-state index contributed by atoms with van der Waals surface area (Å²) >= 11 is 0. The van der Waals surface area contributed by atoms with Crippen LogP contribution in [0.4, 0.5) is 13.2 Å². The summed E-state index contributed by atoms with van der Waals surface area (Å²) < 4.78 is 38.9. The van der Waals surface area contributed by atoms with E-state index < -0.39 is 25.3 Å². The van der Waals surface area contributed by atoms with Crippen LogP contribution in [-0.2, 0) is 9.53 Å². The van der Waals surface area contributed by atoms with E-state index in [2.05, 4.69) is 15.4 Å². The fourth-order valence-corrected chi connectivity index (χ4v) is 0.803. The first-order valence-corrected chi connectivity index (χ1v) is 4.51. The van der Waals surface area contributed by atoms with Crippen molar-refractivity contribution >= 4 is 18.3 Å². The Labute approximate surface area is 98.3 Å². The predicted octanol–water partition coefficient (Wildman–Crippen LogP) is 0.713. The minimum Gasteiger partial charge on any atom is -0.362 e. The topological polar surface area (TPSA) is 50.4 Å². The standard InChI is InChI=1S/C8H15F3N2O2.ClH/c1-12-3-2-4-13-7(14)5-15-6-8(9,10)11;/h12H,2-6H2,1H3,(H,13,14);1H. The SMILES string of the molecule is CNCCCNC(=O)COCC(F)(F)F.Cl. The Balaban J connectivity index is 0. The molecule has 0 spiro atoms. The number of hydrogen-bond donors (Lipinski definition) is 2. The predicted molar refractivity (Wildman–Crippen MR) is 55.7 cm³/mol. The lowest BCUT2D eigenvalue weighted by molar-refractivity contribution is -0.175. The summed E-state index contributed by atoms with van der Waals surface area (Å²) in [5.41, 5.74) is 0. The van der Waals surface area contributed by atoms with E-state index in [-0.39, 0.29) is 12.4 Å². The second-order valence-corrected chi connectivity index (χ2v) is 2.92. The van der Waals surface area contributed by atoms with Gasteiger partial charge in [-0.3, -0.25) is 4.79 Å². The highest BCUT2D eigenvalue weighted by molar-refractivity contribution is 5.85. The summed E-state index contributed by atoms with van der Waals surface area (Å²) in [5.74, 6) is -0.532. The van der Waals surface area contributed by atoms with E-state index in [9.17, 15) is 18.0 Å². The summed E-state index contributed by atoms with van der Waals surface area (Å²) in [5, 5.41) is 5.31. The molecule has 0 aliphatic heterocycles. The molecular weight excluding hydrogens is 249 g/mol. The van der Waals surface area contributed by atoms with E-state index in [1.165, 1.54) is 0 Å². The minimum absolute atomic E-state index is 0. The van der Waals surface area contributed by atoms with E-state index in [0.29, 0.717) is 6.54 Å². The largest absolute Gasteiger partial charge is 0.411 e. The van der Waals surface area contributed by atoms with Gasteiger partial charge in [-0.15, -0.1) is 12.4 Å². The number of amides is 1. The first kappa shape index (κ1) is 17.9. The maximum absolute atomic E-state index is 11.6. The molecule has 0 fully saturated rings. The van der Waals surface area contributed by atoms with Gasteiger partial charge in [0.15, 0.2) is 0 Å². The monoisotopic (exact) mass is 264 g/mol. The quantitative estimate of drug-likeness (QED) is 0.666. The van der Waals surface area contributed by atoms with Crippen molar-refractivity contribution in [3.8, 4) is 0 Å². The minimum atomic E-state index is -4.38. The van der Waals surface area contributed by atoms with Crippen LogP contribution >= 0.6 is 12.4 Å². The van der Waals surface area contributed by atoms with Crippen LogP contribution in [0.1, 0.15) is 6.42 Å². The highest BCUT2D eigenvalue weighted by atomic mass is 35.5. The molecule has 0 aromatic carbocycles. The molecule has 8 heteroatoms. The van der Waals surface area contributed by atoms with Crippen LogP contribution in [0.3, 0.4) is 0 Å². The average Bonchev–Trinajstić information content (AvgIpc) is 2.10. The second-order valence-electron chi connectivity index (χ2n) is 2.92. The number of nitrogens with one attached hydrogen (secondary N) is 2. The molecule has 0 aliphatic rings. The number of rotatable bonds is 7. The van der Waals surface area contributed by atoms with Gasteiger partial charge in [-0.1, -0.05) is 0 Å². The third kappa shape index (κ3) is 13.5. The molecule has 0 unspecified atom stereocenters. The molecule has 1 amide bonds. The van der Waals surface area contributed by atoms with Crippen LogP contribution in [0.25, 0.3) is 0 Å². The van der Waals surface area contributed by atoms with Crippen molar-refractivity contribution in [3.05, 3.63) is 0 Å². The first-order valence-electron chi connectivity index (χ1n) is 4.51. The van der Waals surface area contributed by atoms with E-state index in [0.717, 1.165) is 13.0 Å². The molecule has 0 atom stereocenters. The zero-order valence-electron chi connectivity index (χ0n) is 8.89. The summed E-state index contributed by atoms with van der Waals surface area (Å²) in [7, 11) is 1.77. The zero-order chi connectivity index (χ0) is 11.7. The molecule has 0 heterocycles. The van der Waals surface area contributed by atoms with Crippen molar-refractivity contribution in [1.29, 1.82) is 0 Å². The lowest BCUT2D eigenvalue weighted by atomic mass is 10.4. The molecule has 0 aromatic heterocycles. The van der Waals surface area contributed by atoms with Gasteiger partial charge in [0.05, 0.1) is 0 Å². The summed E-state index contributed by atoms with van der Waals surface area (Å²) in [6, 6.07) is 0. The van der Waals surface area contributed by atoms with Crippen LogP contribution in [-0.4, -0.2) is 45.4 Å². The number of hydrogen-bond acceptors (Lipinski definition) is 3. The molecule has 0 aliphatic carbocycles. The smallest absolute Gasteiger partial charge is 0.362 e. The van der Waals surface area contributed by atoms with Crippen molar-refractivity contribution in [2.45, 2.75) is 12.6 Å². The lowest BCUT2D eigenvalue weighted by Gasteiger charge is -2.08. The van der Waals surface area contributed by atoms with E-state index in [1.807, 2.05) is 0 Å². The molecule has 0 saturated heterocycles. The molecule has 98 valence electrons. The normalized spacial score (nSPS) is 10.8. The van der Waals surface area contributed by atoms with Crippen LogP contribution in [0.2, 0.25) is 0 Å². The molecule has 4 nitrogen and oxygen atoms in total. The van der Waals surface area contributed by atoms with Crippen LogP contribution in [0, 0.1) is 0 Å². The van der Waals surface area contributed by atoms with Gasteiger partial charge in [0.1, 0.15) is 13.2 Å². The fraction of sp³-hybridized carbons (Fsp3) is 0.875. The van der Waals surface area contributed by atoms with Crippen LogP contribution < -0.4 is 10.6 Å². The number of carbonyl (C=O) groups excluding carboxylic acids is 1. The Bertz CT molecular complexity index is 191. The van der Waals surface area contributed by atoms with Crippen LogP contribution in [0.15, 0.2) is 0 Å². The Morgan fingerprint density at radius 3 is 2.44 bits per heavy atom. The Hall–Kier alpha value is -0.530. The second kappa shape index (κ2) is 9.68. The third-order valence-corrected chi connectivity index (χ3v) is 1.42. The number of carbonyl (C=O) groups is 1. The molecule has 0 aromatic rings. The van der Waals surface area contributed by atoms with Gasteiger partial charge in [-0.2, -0.15) is 13.2 Å². The van der Waals surface area contributed by atoms with Crippen LogP contribution in [0.5, 0.6) is 0 Å². The van der Waals surface area contributed by atoms with Gasteiger partial charge in [0.2, 0.25) is 5.91 Å². The van der Waals surface area contributed by atoms with Crippen molar-refractivity contribution in [1.82, 2.24) is 10.6 Å². The molecule has 2 N–H and O–H groups in total. The number of halogens is 4. The van der Waals surface area contributed by atoms with Gasteiger partial charge >= 0.3 is 6.18 Å². The average molecular weight is 265 g/mol. The first-order chi connectivity index (χ1) is 6.95. The Kier molecular flexibility index (Phi) is 10.8. The van der Waals surface area contributed by atoms with E-state index in [1.54, 1.807) is 7.05 Å². The maximum atomic E-state index is 11.6. The Morgan fingerprint density at radius 1 is 1.31 bits per heavy atom. The summed E-state index contributed by atoms with van der Waals surface area (Å²) in [6.45, 7) is -0.783. The third-order valence-electron chi connectivity index (χ3n) is 1.42. The van der Waals surface area contributed by atoms with Gasteiger partial charge in [0, 0.05) is 6.54 Å². The Morgan fingerprint density at radius 2 is 1.94 bits per heavy atom. The summed E-state index contributed by atoms with van der Waals surface area (Å²) in [4.78, 5) is 10.9. The van der Waals surface area contributed by atoms with Gasteiger partial charge in [-0.25, -0.2) is 0 Å². The molecule has 0 radical (unpaired) electrons. The summed E-state index contributed by atoms with van der Waals surface area (Å²) in [6.07, 6.45) is -3.66. The van der Waals surface area contributed by atoms with E-state index >= 15 is 0 Å². The van der Waals surface area contributed by atoms with Gasteiger partial charge in [-0.05, 0) is 20.0 Å². The van der Waals surface area contributed by atoms with Gasteiger partial charge in [0.25, 0.3) is 0 Å². The molecular formula is C8H16ClF3N2O2. The molecule has 16 heavy (non-hydrogen) atoms. The molecule has 0 bridgehead atoms. The van der Waals surface area contributed by atoms with Crippen molar-refractivity contribution in [2.75, 3.05) is 33.4 Å². The maximum Gasteiger partial charge on any atom is 0.411 e. The molecule has 0 saturated carbocycles. The number of ether oxygens (including phenoxy) is 1. The van der Waals surface area contributed by atoms with E-state index in [4.69, 9.17) is 0 Å². The zero-order valence-corrected chi connectivity index (χ0v) is 9.71. The van der Waals surface area contributed by atoms with Crippen molar-refractivity contribution in [3.63, 3.8) is 0 Å². The number of alkyl halides is 3. The van der Waals surface area contributed by atoms with Crippen molar-refractivity contribution < 1.29 is 22.7 Å². The molecule has 0 rings (SSSR count). The fourth-order valence-electron chi connectivity index (χ4n) is 0.803. The highest BCUT2D eigenvalue weighted by Gasteiger charge is 2.27. The highest BCUT2D eigenvalue weighted by Crippen LogP contribution is 2.13. The lowest BCUT2D eigenvalue weighted by Crippen LogP contribution is -2.31. The van der Waals surface area contributed by atoms with Crippen molar-refractivity contribution in [2.24, 2.45) is 0 Å².